The van der Waals surface area contributed by atoms with E-state index in [1.54, 1.807) is 20.0 Å². The molecule has 1 heterocycles. The van der Waals surface area contributed by atoms with Crippen molar-refractivity contribution in [2.45, 2.75) is 71.6 Å². The Morgan fingerprint density at radius 1 is 0.943 bits per heavy atom. The summed E-state index contributed by atoms with van der Waals surface area (Å²) >= 11 is 0. The number of nitrogens with two attached hydrogens (primary N) is 1. The third-order valence-corrected chi connectivity index (χ3v) is 5.77. The molecular weight excluding hydrogens is 450 g/mol. The lowest BCUT2D eigenvalue weighted by molar-refractivity contribution is -0.142. The molecule has 192 valence electrons. The highest BCUT2D eigenvalue weighted by Gasteiger charge is 2.31. The zero-order valence-corrected chi connectivity index (χ0v) is 20.9. The van der Waals surface area contributed by atoms with Crippen molar-refractivity contribution in [3.8, 4) is 0 Å². The summed E-state index contributed by atoms with van der Waals surface area (Å²) in [5.41, 5.74) is 7.76. The van der Waals surface area contributed by atoms with Gasteiger partial charge in [-0.2, -0.15) is 0 Å². The third kappa shape index (κ3) is 7.81. The van der Waals surface area contributed by atoms with Crippen LogP contribution in [0.4, 0.5) is 0 Å². The van der Waals surface area contributed by atoms with Crippen molar-refractivity contribution >= 4 is 34.6 Å². The molecule has 0 aliphatic carbocycles. The molecule has 0 bridgehead atoms. The first kappa shape index (κ1) is 27.8. The van der Waals surface area contributed by atoms with Crippen molar-refractivity contribution in [1.29, 1.82) is 0 Å². The number of hydrogen-bond donors (Lipinski definition) is 6. The first-order valence-corrected chi connectivity index (χ1v) is 11.8. The lowest BCUT2D eigenvalue weighted by Gasteiger charge is -2.26. The minimum Gasteiger partial charge on any atom is -0.480 e. The molecule has 0 aliphatic heterocycles. The first-order chi connectivity index (χ1) is 16.4. The van der Waals surface area contributed by atoms with Crippen LogP contribution in [0, 0.1) is 11.8 Å². The van der Waals surface area contributed by atoms with Crippen LogP contribution < -0.4 is 21.7 Å². The Hall–Kier alpha value is -3.40. The number of aromatic amines is 1. The summed E-state index contributed by atoms with van der Waals surface area (Å²) in [6.45, 7) is 8.72. The van der Waals surface area contributed by atoms with E-state index in [1.165, 1.54) is 6.92 Å². The molecule has 2 rings (SSSR count). The highest BCUT2D eigenvalue weighted by atomic mass is 16.4. The van der Waals surface area contributed by atoms with Crippen LogP contribution in [0.1, 0.15) is 46.6 Å². The molecule has 0 saturated heterocycles. The zero-order valence-electron chi connectivity index (χ0n) is 20.9. The number of rotatable bonds is 12. The Balaban J connectivity index is 2.27. The molecule has 0 saturated carbocycles. The van der Waals surface area contributed by atoms with Crippen LogP contribution in [0.3, 0.4) is 0 Å². The molecule has 10 nitrogen and oxygen atoms in total. The van der Waals surface area contributed by atoms with Gasteiger partial charge in [-0.15, -0.1) is 0 Å². The lowest BCUT2D eigenvalue weighted by atomic mass is 9.99. The van der Waals surface area contributed by atoms with Crippen LogP contribution in [-0.2, 0) is 25.6 Å². The maximum absolute atomic E-state index is 13.4. The number of carbonyl (C=O) groups excluding carboxylic acids is 3. The standard InChI is InChI=1S/C25H37N5O5/c1-13(2)10-18(26)22(31)29-20(11-16-12-27-19-9-7-6-8-17(16)19)23(32)30-21(14(3)4)24(33)28-15(5)25(34)35/h6-9,12-15,18,20-21,27H,10-11,26H2,1-5H3,(H,28,33)(H,29,31)(H,30,32)(H,34,35). The maximum Gasteiger partial charge on any atom is 0.325 e. The Morgan fingerprint density at radius 3 is 2.20 bits per heavy atom. The number of benzene rings is 1. The predicted octanol–water partition coefficient (Wildman–Crippen LogP) is 1.30. The fourth-order valence-corrected chi connectivity index (χ4v) is 3.78. The molecule has 4 atom stereocenters. The zero-order chi connectivity index (χ0) is 26.3. The van der Waals surface area contributed by atoms with Gasteiger partial charge in [0.2, 0.25) is 17.7 Å². The summed E-state index contributed by atoms with van der Waals surface area (Å²) < 4.78 is 0. The quantitative estimate of drug-likeness (QED) is 0.264. The van der Waals surface area contributed by atoms with Gasteiger partial charge in [0, 0.05) is 23.5 Å². The number of H-pyrrole nitrogens is 1. The Morgan fingerprint density at radius 2 is 1.60 bits per heavy atom. The van der Waals surface area contributed by atoms with E-state index in [-0.39, 0.29) is 18.3 Å². The number of aliphatic carboxylic acids is 1. The SMILES string of the molecule is CC(C)CC(N)C(=O)NC(Cc1c[nH]c2ccccc12)C(=O)NC(C(=O)NC(C)C(=O)O)C(C)C. The molecule has 0 aliphatic rings. The molecule has 0 radical (unpaired) electrons. The minimum atomic E-state index is -1.18. The summed E-state index contributed by atoms with van der Waals surface area (Å²) in [6.07, 6.45) is 2.41. The molecular formula is C25H37N5O5. The van der Waals surface area contributed by atoms with Gasteiger partial charge in [0.1, 0.15) is 18.1 Å². The van der Waals surface area contributed by atoms with Crippen LogP contribution in [0.5, 0.6) is 0 Å². The van der Waals surface area contributed by atoms with E-state index >= 15 is 0 Å². The van der Waals surface area contributed by atoms with Crippen molar-refractivity contribution in [1.82, 2.24) is 20.9 Å². The van der Waals surface area contributed by atoms with Gasteiger partial charge >= 0.3 is 5.97 Å². The molecule has 4 unspecified atom stereocenters. The van der Waals surface area contributed by atoms with Gasteiger partial charge in [0.25, 0.3) is 0 Å². The van der Waals surface area contributed by atoms with Crippen LogP contribution in [0.2, 0.25) is 0 Å². The largest absolute Gasteiger partial charge is 0.480 e. The van der Waals surface area contributed by atoms with E-state index in [2.05, 4.69) is 20.9 Å². The molecule has 7 N–H and O–H groups in total. The monoisotopic (exact) mass is 487 g/mol. The molecule has 0 fully saturated rings. The van der Waals surface area contributed by atoms with E-state index in [1.807, 2.05) is 38.1 Å². The van der Waals surface area contributed by atoms with E-state index in [0.717, 1.165) is 16.5 Å². The second-order valence-corrected chi connectivity index (χ2v) is 9.66. The topological polar surface area (TPSA) is 166 Å². The van der Waals surface area contributed by atoms with Crippen molar-refractivity contribution < 1.29 is 24.3 Å². The summed E-state index contributed by atoms with van der Waals surface area (Å²) in [6, 6.07) is 3.72. The second-order valence-electron chi connectivity index (χ2n) is 9.66. The number of aromatic nitrogens is 1. The first-order valence-electron chi connectivity index (χ1n) is 11.8. The van der Waals surface area contributed by atoms with E-state index in [4.69, 9.17) is 10.8 Å². The summed E-state index contributed by atoms with van der Waals surface area (Å²) in [4.78, 5) is 53.1. The summed E-state index contributed by atoms with van der Waals surface area (Å²) in [7, 11) is 0. The number of para-hydroxylation sites is 1. The summed E-state index contributed by atoms with van der Waals surface area (Å²) in [5.74, 6) is -2.94. The van der Waals surface area contributed by atoms with Gasteiger partial charge < -0.3 is 31.8 Å². The number of fused-ring (bicyclic) bond motifs is 1. The molecule has 10 heteroatoms. The fraction of sp³-hybridized carbons (Fsp3) is 0.520. The number of carboxylic acid groups (broad SMARTS) is 1. The number of amides is 3. The van der Waals surface area contributed by atoms with Crippen molar-refractivity contribution in [3.05, 3.63) is 36.0 Å². The van der Waals surface area contributed by atoms with Gasteiger partial charge in [-0.05, 0) is 36.8 Å². The average molecular weight is 488 g/mol. The molecule has 0 spiro atoms. The van der Waals surface area contributed by atoms with E-state index in [9.17, 15) is 19.2 Å². The van der Waals surface area contributed by atoms with Crippen molar-refractivity contribution in [2.24, 2.45) is 17.6 Å². The molecule has 2 aromatic rings. The van der Waals surface area contributed by atoms with E-state index in [0.29, 0.717) is 6.42 Å². The number of carbonyl (C=O) groups is 4. The lowest BCUT2D eigenvalue weighted by Crippen LogP contribution is -2.58. The van der Waals surface area contributed by atoms with Crippen LogP contribution >= 0.6 is 0 Å². The number of nitrogens with one attached hydrogen (secondary N) is 4. The third-order valence-electron chi connectivity index (χ3n) is 5.77. The number of carboxylic acids is 1. The highest BCUT2D eigenvalue weighted by Crippen LogP contribution is 2.19. The Labute approximate surface area is 205 Å². The smallest absolute Gasteiger partial charge is 0.325 e. The fourth-order valence-electron chi connectivity index (χ4n) is 3.78. The van der Waals surface area contributed by atoms with Gasteiger partial charge in [-0.25, -0.2) is 0 Å². The second kappa shape index (κ2) is 12.3. The average Bonchev–Trinajstić information content (AvgIpc) is 3.18. The van der Waals surface area contributed by atoms with Crippen LogP contribution in [-0.4, -0.2) is 57.9 Å². The van der Waals surface area contributed by atoms with E-state index < -0.39 is 47.9 Å². The van der Waals surface area contributed by atoms with Crippen molar-refractivity contribution in [2.75, 3.05) is 0 Å². The van der Waals surface area contributed by atoms with Crippen LogP contribution in [0.25, 0.3) is 10.9 Å². The molecule has 1 aromatic carbocycles. The normalized spacial score (nSPS) is 14.9. The molecule has 3 amide bonds. The van der Waals surface area contributed by atoms with Gasteiger partial charge in [-0.3, -0.25) is 19.2 Å². The van der Waals surface area contributed by atoms with Crippen LogP contribution in [0.15, 0.2) is 30.5 Å². The Bertz CT molecular complexity index is 1050. The van der Waals surface area contributed by atoms with Gasteiger partial charge in [0.05, 0.1) is 6.04 Å². The van der Waals surface area contributed by atoms with Gasteiger partial charge in [0.15, 0.2) is 0 Å². The van der Waals surface area contributed by atoms with Gasteiger partial charge in [-0.1, -0.05) is 45.9 Å². The van der Waals surface area contributed by atoms with Crippen molar-refractivity contribution in [3.63, 3.8) is 0 Å². The maximum atomic E-state index is 13.4. The summed E-state index contributed by atoms with van der Waals surface area (Å²) in [5, 5.41) is 17.9. The minimum absolute atomic E-state index is 0.175. The molecule has 35 heavy (non-hydrogen) atoms. The predicted molar refractivity (Wildman–Crippen MR) is 133 cm³/mol. The molecule has 1 aromatic heterocycles. The number of hydrogen-bond acceptors (Lipinski definition) is 5. The highest BCUT2D eigenvalue weighted by molar-refractivity contribution is 5.95. The Kier molecular flexibility index (Phi) is 9.82.